The van der Waals surface area contributed by atoms with Gasteiger partial charge in [0.25, 0.3) is 5.91 Å². The fourth-order valence-corrected chi connectivity index (χ4v) is 3.75. The van der Waals surface area contributed by atoms with Crippen molar-refractivity contribution in [2.24, 2.45) is 16.6 Å². The van der Waals surface area contributed by atoms with Crippen molar-refractivity contribution in [2.75, 3.05) is 12.4 Å². The van der Waals surface area contributed by atoms with Crippen LogP contribution in [0, 0.1) is 5.92 Å². The summed E-state index contributed by atoms with van der Waals surface area (Å²) in [6.07, 6.45) is 5.44. The molecule has 4 N–H and O–H groups in total. The number of hydrogen-bond acceptors (Lipinski definition) is 4. The van der Waals surface area contributed by atoms with E-state index in [1.165, 1.54) is 23.1 Å². The quantitative estimate of drug-likeness (QED) is 0.585. The number of aromatic amines is 1. The second kappa shape index (κ2) is 7.09. The smallest absolute Gasteiger partial charge is 0.281 e. The number of para-hydroxylation sites is 1. The second-order valence-corrected chi connectivity index (χ2v) is 7.10. The first-order valence-electron chi connectivity index (χ1n) is 7.98. The van der Waals surface area contributed by atoms with Crippen molar-refractivity contribution in [1.29, 1.82) is 0 Å². The van der Waals surface area contributed by atoms with Gasteiger partial charge in [-0.3, -0.25) is 4.79 Å². The highest BCUT2D eigenvalue weighted by Gasteiger charge is 2.16. The maximum Gasteiger partial charge on any atom is 0.281 e. The number of carbonyl (C=O) groups excluding carboxylic acids is 1. The van der Waals surface area contributed by atoms with Crippen molar-refractivity contribution < 1.29 is 4.79 Å². The average molecular weight is 343 g/mol. The minimum atomic E-state index is -0.371. The molecule has 6 nitrogen and oxygen atoms in total. The van der Waals surface area contributed by atoms with Gasteiger partial charge in [0.2, 0.25) is 5.95 Å². The number of H-pyrrole nitrogens is 1. The molecule has 0 bridgehead atoms. The van der Waals surface area contributed by atoms with Crippen molar-refractivity contribution in [2.45, 2.75) is 26.2 Å². The lowest BCUT2D eigenvalue weighted by Gasteiger charge is -2.17. The largest absolute Gasteiger partial charge is 0.378 e. The van der Waals surface area contributed by atoms with Crippen molar-refractivity contribution in [3.63, 3.8) is 0 Å². The summed E-state index contributed by atoms with van der Waals surface area (Å²) in [5.74, 6) is 0.890. The standard InChI is InChI=1S/C17H21N5OS/c1-10-5-3-6-11(9-10)24-16(18)22-15(23)12-7-4-8-13-14(12)21-17(19-2)20-13/h4,6-8,10H,3,5,9H2,1-2H3,(H2,18,22,23)(H2,19,20,21). The Balaban J connectivity index is 1.81. The highest BCUT2D eigenvalue weighted by molar-refractivity contribution is 8.17. The third-order valence-corrected chi connectivity index (χ3v) is 4.90. The van der Waals surface area contributed by atoms with Crippen LogP contribution in [0.15, 0.2) is 34.2 Å². The highest BCUT2D eigenvalue weighted by Crippen LogP contribution is 2.31. The number of aliphatic imine (C=N–C) groups is 1. The molecule has 1 heterocycles. The van der Waals surface area contributed by atoms with Crippen molar-refractivity contribution in [1.82, 2.24) is 9.97 Å². The molecule has 1 aliphatic carbocycles. The number of hydrogen-bond donors (Lipinski definition) is 3. The monoisotopic (exact) mass is 343 g/mol. The average Bonchev–Trinajstić information content (AvgIpc) is 2.97. The van der Waals surface area contributed by atoms with Crippen LogP contribution in [0.5, 0.6) is 0 Å². The first-order valence-corrected chi connectivity index (χ1v) is 8.80. The van der Waals surface area contributed by atoms with Gasteiger partial charge in [-0.05, 0) is 42.2 Å². The van der Waals surface area contributed by atoms with E-state index >= 15 is 0 Å². The van der Waals surface area contributed by atoms with E-state index in [1.807, 2.05) is 6.07 Å². The van der Waals surface area contributed by atoms with Gasteiger partial charge < -0.3 is 16.0 Å². The number of imidazole rings is 1. The summed E-state index contributed by atoms with van der Waals surface area (Å²) < 4.78 is 0. The maximum absolute atomic E-state index is 12.5. The van der Waals surface area contributed by atoms with Crippen LogP contribution < -0.4 is 11.1 Å². The van der Waals surface area contributed by atoms with Gasteiger partial charge in [-0.1, -0.05) is 30.8 Å². The number of allylic oxidation sites excluding steroid dienone is 2. The van der Waals surface area contributed by atoms with Gasteiger partial charge >= 0.3 is 0 Å². The Hall–Kier alpha value is -2.28. The van der Waals surface area contributed by atoms with Gasteiger partial charge in [0.05, 0.1) is 11.1 Å². The van der Waals surface area contributed by atoms with Crippen molar-refractivity contribution >= 4 is 39.8 Å². The molecule has 126 valence electrons. The molecule has 0 saturated heterocycles. The summed E-state index contributed by atoms with van der Waals surface area (Å²) in [4.78, 5) is 25.2. The molecule has 0 spiro atoms. The van der Waals surface area contributed by atoms with Crippen LogP contribution in [0.1, 0.15) is 36.5 Å². The lowest BCUT2D eigenvalue weighted by molar-refractivity contribution is 0.100. The van der Waals surface area contributed by atoms with Gasteiger partial charge in [0.1, 0.15) is 5.52 Å². The molecule has 1 aliphatic rings. The van der Waals surface area contributed by atoms with Crippen LogP contribution in [0.4, 0.5) is 5.95 Å². The number of fused-ring (bicyclic) bond motifs is 1. The van der Waals surface area contributed by atoms with Crippen LogP contribution in [0.3, 0.4) is 0 Å². The fraction of sp³-hybridized carbons (Fsp3) is 0.353. The number of anilines is 1. The van der Waals surface area contributed by atoms with Gasteiger partial charge in [0.15, 0.2) is 5.17 Å². The van der Waals surface area contributed by atoms with Crippen LogP contribution >= 0.6 is 11.8 Å². The molecule has 1 amide bonds. The zero-order valence-electron chi connectivity index (χ0n) is 13.8. The van der Waals surface area contributed by atoms with E-state index < -0.39 is 0 Å². The molecule has 1 atom stereocenters. The van der Waals surface area contributed by atoms with E-state index in [9.17, 15) is 4.79 Å². The molecule has 24 heavy (non-hydrogen) atoms. The molecule has 3 rings (SSSR count). The number of aromatic nitrogens is 2. The van der Waals surface area contributed by atoms with E-state index in [2.05, 4.69) is 33.3 Å². The molecule has 2 aromatic rings. The number of nitrogens with one attached hydrogen (secondary N) is 2. The van der Waals surface area contributed by atoms with Crippen LogP contribution in [0.2, 0.25) is 0 Å². The minimum Gasteiger partial charge on any atom is -0.378 e. The molecule has 1 aromatic carbocycles. The Kier molecular flexibility index (Phi) is 4.89. The van der Waals surface area contributed by atoms with Gasteiger partial charge in [0, 0.05) is 7.05 Å². The van der Waals surface area contributed by atoms with Crippen LogP contribution in [-0.2, 0) is 0 Å². The molecular formula is C17H21N5OS. The summed E-state index contributed by atoms with van der Waals surface area (Å²) in [5, 5.41) is 3.21. The Morgan fingerprint density at radius 1 is 1.50 bits per heavy atom. The molecule has 0 saturated carbocycles. The summed E-state index contributed by atoms with van der Waals surface area (Å²) in [5.41, 5.74) is 7.80. The van der Waals surface area contributed by atoms with E-state index in [-0.39, 0.29) is 11.1 Å². The summed E-state index contributed by atoms with van der Waals surface area (Å²) in [7, 11) is 1.77. The molecule has 1 unspecified atom stereocenters. The third kappa shape index (κ3) is 3.62. The van der Waals surface area contributed by atoms with E-state index in [0.717, 1.165) is 18.4 Å². The summed E-state index contributed by atoms with van der Waals surface area (Å²) in [6.45, 7) is 2.23. The van der Waals surface area contributed by atoms with E-state index in [1.54, 1.807) is 19.2 Å². The number of amidine groups is 1. The molecule has 0 radical (unpaired) electrons. The van der Waals surface area contributed by atoms with Crippen LogP contribution in [0.25, 0.3) is 11.0 Å². The number of carbonyl (C=O) groups is 1. The Bertz CT molecular complexity index is 823. The minimum absolute atomic E-state index is 0.279. The normalized spacial score (nSPS) is 18.5. The fourth-order valence-electron chi connectivity index (χ4n) is 2.78. The molecule has 7 heteroatoms. The molecule has 0 fully saturated rings. The van der Waals surface area contributed by atoms with E-state index in [4.69, 9.17) is 5.73 Å². The Morgan fingerprint density at radius 3 is 3.08 bits per heavy atom. The Morgan fingerprint density at radius 2 is 2.33 bits per heavy atom. The summed E-state index contributed by atoms with van der Waals surface area (Å²) in [6, 6.07) is 5.39. The third-order valence-electron chi connectivity index (χ3n) is 4.01. The number of nitrogens with zero attached hydrogens (tertiary/aromatic N) is 2. The van der Waals surface area contributed by atoms with Gasteiger partial charge in [-0.25, -0.2) is 4.98 Å². The molecule has 1 aromatic heterocycles. The lowest BCUT2D eigenvalue weighted by Crippen LogP contribution is -2.12. The van der Waals surface area contributed by atoms with Gasteiger partial charge in [-0.15, -0.1) is 0 Å². The predicted molar refractivity (Wildman–Crippen MR) is 100 cm³/mol. The van der Waals surface area contributed by atoms with Gasteiger partial charge in [-0.2, -0.15) is 4.99 Å². The first kappa shape index (κ1) is 16.6. The van der Waals surface area contributed by atoms with E-state index in [0.29, 0.717) is 22.9 Å². The predicted octanol–water partition coefficient (Wildman–Crippen LogP) is 3.50. The zero-order valence-corrected chi connectivity index (χ0v) is 14.6. The summed E-state index contributed by atoms with van der Waals surface area (Å²) >= 11 is 1.39. The highest BCUT2D eigenvalue weighted by atomic mass is 32.2. The SMILES string of the molecule is CNc1nc2c(C(=O)N=C(N)SC3=CCCC(C)C3)cccc2[nH]1. The van der Waals surface area contributed by atoms with Crippen molar-refractivity contribution in [3.8, 4) is 0 Å². The Labute approximate surface area is 145 Å². The van der Waals surface area contributed by atoms with Crippen LogP contribution in [-0.4, -0.2) is 28.1 Å². The topological polar surface area (TPSA) is 96.2 Å². The molecular weight excluding hydrogens is 322 g/mol. The first-order chi connectivity index (χ1) is 11.6. The second-order valence-electron chi connectivity index (χ2n) is 5.95. The number of benzene rings is 1. The number of rotatable bonds is 3. The number of amides is 1. The molecule has 0 aliphatic heterocycles. The number of nitrogens with two attached hydrogens (primary N) is 1. The number of thioether (sulfide) groups is 1. The zero-order chi connectivity index (χ0) is 17.1. The lowest BCUT2D eigenvalue weighted by atomic mass is 9.96. The van der Waals surface area contributed by atoms with Crippen molar-refractivity contribution in [3.05, 3.63) is 34.7 Å². The maximum atomic E-state index is 12.5.